The molecule has 0 aliphatic heterocycles. The molecule has 0 spiro atoms. The second kappa shape index (κ2) is 3.78. The molecule has 0 atom stereocenters. The molecule has 2 rings (SSSR count). The lowest BCUT2D eigenvalue weighted by Crippen LogP contribution is -2.08. The molecule has 0 saturated carbocycles. The van der Waals surface area contributed by atoms with Crippen LogP contribution in [0.2, 0.25) is 0 Å². The lowest BCUT2D eigenvalue weighted by Gasteiger charge is -2.02. The Bertz CT molecular complexity index is 420. The van der Waals surface area contributed by atoms with E-state index in [1.54, 1.807) is 6.20 Å². The van der Waals surface area contributed by atoms with Gasteiger partial charge in [0.05, 0.1) is 12.7 Å². The van der Waals surface area contributed by atoms with Crippen LogP contribution in [-0.4, -0.2) is 19.9 Å². The Labute approximate surface area is 84.8 Å². The lowest BCUT2D eigenvalue weighted by molar-refractivity contribution is 0.511. The van der Waals surface area contributed by atoms with E-state index in [1.165, 1.54) is 6.39 Å². The second-order valence-corrected chi connectivity index (χ2v) is 2.70. The predicted octanol–water partition coefficient (Wildman–Crippen LogP) is -0.364. The molecule has 0 amide bonds. The number of aromatic nitrogens is 4. The molecule has 2 heterocycles. The van der Waals surface area contributed by atoms with Gasteiger partial charge in [-0.05, 0) is 0 Å². The summed E-state index contributed by atoms with van der Waals surface area (Å²) in [5.74, 6) is 1.11. The van der Waals surface area contributed by atoms with Crippen molar-refractivity contribution in [1.29, 1.82) is 0 Å². The van der Waals surface area contributed by atoms with Crippen molar-refractivity contribution >= 4 is 17.8 Å². The number of rotatable bonds is 3. The number of anilines is 3. The molecule has 0 aliphatic carbocycles. The van der Waals surface area contributed by atoms with Gasteiger partial charge in [-0.15, -0.1) is 0 Å². The van der Waals surface area contributed by atoms with Crippen molar-refractivity contribution in [3.05, 3.63) is 18.4 Å². The summed E-state index contributed by atoms with van der Waals surface area (Å²) in [7, 11) is 0. The van der Waals surface area contributed by atoms with E-state index < -0.39 is 0 Å². The first-order valence-corrected chi connectivity index (χ1v) is 4.12. The van der Waals surface area contributed by atoms with Crippen LogP contribution < -0.4 is 16.8 Å². The number of nitrogens with one attached hydrogen (secondary N) is 1. The van der Waals surface area contributed by atoms with Crippen LogP contribution in [0.25, 0.3) is 0 Å². The van der Waals surface area contributed by atoms with Gasteiger partial charge in [0.15, 0.2) is 6.39 Å². The Balaban J connectivity index is 2.05. The minimum atomic E-state index is 0.0718. The third-order valence-electron chi connectivity index (χ3n) is 1.57. The van der Waals surface area contributed by atoms with Crippen molar-refractivity contribution in [2.45, 2.75) is 6.54 Å². The molecular weight excluding hydrogens is 198 g/mol. The first-order chi connectivity index (χ1) is 7.24. The molecule has 8 heteroatoms. The largest absolute Gasteiger partial charge is 0.447 e. The molecule has 0 aliphatic rings. The summed E-state index contributed by atoms with van der Waals surface area (Å²) in [4.78, 5) is 15.1. The molecule has 0 aromatic carbocycles. The zero-order valence-electron chi connectivity index (χ0n) is 7.71. The van der Waals surface area contributed by atoms with Crippen molar-refractivity contribution in [1.82, 2.24) is 19.9 Å². The van der Waals surface area contributed by atoms with E-state index in [0.717, 1.165) is 0 Å². The number of hydrogen-bond acceptors (Lipinski definition) is 8. The van der Waals surface area contributed by atoms with Crippen molar-refractivity contribution in [2.24, 2.45) is 0 Å². The minimum absolute atomic E-state index is 0.0718. The summed E-state index contributed by atoms with van der Waals surface area (Å²) in [6.45, 7) is 0.406. The minimum Gasteiger partial charge on any atom is -0.447 e. The second-order valence-electron chi connectivity index (χ2n) is 2.70. The highest BCUT2D eigenvalue weighted by atomic mass is 16.3. The fourth-order valence-electron chi connectivity index (χ4n) is 0.984. The van der Waals surface area contributed by atoms with Gasteiger partial charge in [-0.3, -0.25) is 0 Å². The monoisotopic (exact) mass is 207 g/mol. The fraction of sp³-hybridized carbons (Fsp3) is 0.143. The number of nitrogens with two attached hydrogens (primary N) is 2. The first kappa shape index (κ1) is 9.19. The smallest absolute Gasteiger partial charge is 0.229 e. The summed E-state index contributed by atoms with van der Waals surface area (Å²) in [5.41, 5.74) is 10.8. The third-order valence-corrected chi connectivity index (χ3v) is 1.57. The lowest BCUT2D eigenvalue weighted by atomic mass is 10.5. The van der Waals surface area contributed by atoms with Gasteiger partial charge in [-0.25, -0.2) is 4.98 Å². The molecule has 0 bridgehead atoms. The Morgan fingerprint density at radius 1 is 1.20 bits per heavy atom. The normalized spacial score (nSPS) is 10.1. The van der Waals surface area contributed by atoms with Gasteiger partial charge in [0.2, 0.25) is 17.8 Å². The maximum Gasteiger partial charge on any atom is 0.229 e. The molecule has 2 aromatic heterocycles. The molecule has 5 N–H and O–H groups in total. The summed E-state index contributed by atoms with van der Waals surface area (Å²) >= 11 is 0. The maximum absolute atomic E-state index is 5.39. The van der Waals surface area contributed by atoms with Gasteiger partial charge in [0, 0.05) is 0 Å². The number of nitrogen functional groups attached to an aromatic ring is 2. The Kier molecular flexibility index (Phi) is 2.31. The topological polar surface area (TPSA) is 129 Å². The molecule has 0 unspecified atom stereocenters. The van der Waals surface area contributed by atoms with Crippen molar-refractivity contribution in [2.75, 3.05) is 16.8 Å². The van der Waals surface area contributed by atoms with Crippen LogP contribution in [-0.2, 0) is 6.54 Å². The van der Waals surface area contributed by atoms with E-state index in [2.05, 4.69) is 25.3 Å². The highest BCUT2D eigenvalue weighted by Gasteiger charge is 2.02. The Hall–Kier alpha value is -2.38. The van der Waals surface area contributed by atoms with Crippen molar-refractivity contribution in [3.63, 3.8) is 0 Å². The van der Waals surface area contributed by atoms with Gasteiger partial charge in [0.1, 0.15) is 5.76 Å². The van der Waals surface area contributed by atoms with Crippen molar-refractivity contribution in [3.8, 4) is 0 Å². The predicted molar refractivity (Wildman–Crippen MR) is 52.5 cm³/mol. The van der Waals surface area contributed by atoms with E-state index in [-0.39, 0.29) is 11.9 Å². The molecule has 78 valence electrons. The van der Waals surface area contributed by atoms with Crippen LogP contribution >= 0.6 is 0 Å². The van der Waals surface area contributed by atoms with Gasteiger partial charge in [0.25, 0.3) is 0 Å². The van der Waals surface area contributed by atoms with Crippen LogP contribution in [0, 0.1) is 0 Å². The molecule has 8 nitrogen and oxygen atoms in total. The van der Waals surface area contributed by atoms with Gasteiger partial charge < -0.3 is 21.2 Å². The summed E-state index contributed by atoms with van der Waals surface area (Å²) < 4.78 is 5.01. The average Bonchev–Trinajstić information content (AvgIpc) is 2.65. The Morgan fingerprint density at radius 2 is 1.93 bits per heavy atom. The quantitative estimate of drug-likeness (QED) is 0.622. The van der Waals surface area contributed by atoms with Crippen LogP contribution in [0.15, 0.2) is 17.0 Å². The van der Waals surface area contributed by atoms with Crippen LogP contribution in [0.5, 0.6) is 0 Å². The average molecular weight is 207 g/mol. The molecule has 0 radical (unpaired) electrons. The first-order valence-electron chi connectivity index (χ1n) is 4.12. The van der Waals surface area contributed by atoms with Gasteiger partial charge >= 0.3 is 0 Å². The third kappa shape index (κ3) is 2.30. The molecular formula is C7H9N7O. The molecule has 15 heavy (non-hydrogen) atoms. The van der Waals surface area contributed by atoms with Gasteiger partial charge in [-0.1, -0.05) is 0 Å². The number of oxazole rings is 1. The standard InChI is InChI=1S/C7H9N7O/c8-5-12-6(9)14-7(13-5)11-2-4-1-10-3-15-4/h1,3H,2H2,(H5,8,9,11,12,13,14). The number of nitrogens with zero attached hydrogens (tertiary/aromatic N) is 4. The number of hydrogen-bond donors (Lipinski definition) is 3. The zero-order valence-corrected chi connectivity index (χ0v) is 7.71. The van der Waals surface area contributed by atoms with E-state index in [0.29, 0.717) is 18.3 Å². The zero-order chi connectivity index (χ0) is 10.7. The van der Waals surface area contributed by atoms with E-state index in [4.69, 9.17) is 15.9 Å². The molecule has 2 aromatic rings. The van der Waals surface area contributed by atoms with Gasteiger partial charge in [-0.2, -0.15) is 15.0 Å². The Morgan fingerprint density at radius 3 is 2.53 bits per heavy atom. The fourth-order valence-corrected chi connectivity index (χ4v) is 0.984. The highest BCUT2D eigenvalue weighted by Crippen LogP contribution is 2.05. The summed E-state index contributed by atoms with van der Waals surface area (Å²) in [6, 6.07) is 0. The van der Waals surface area contributed by atoms with E-state index in [9.17, 15) is 0 Å². The van der Waals surface area contributed by atoms with Crippen LogP contribution in [0.3, 0.4) is 0 Å². The van der Waals surface area contributed by atoms with E-state index >= 15 is 0 Å². The molecule has 0 saturated heterocycles. The van der Waals surface area contributed by atoms with Crippen molar-refractivity contribution < 1.29 is 4.42 Å². The molecule has 0 fully saturated rings. The van der Waals surface area contributed by atoms with Crippen LogP contribution in [0.1, 0.15) is 5.76 Å². The maximum atomic E-state index is 5.39. The summed E-state index contributed by atoms with van der Waals surface area (Å²) in [5, 5.41) is 2.87. The highest BCUT2D eigenvalue weighted by molar-refractivity contribution is 5.37. The van der Waals surface area contributed by atoms with E-state index in [1.807, 2.05) is 0 Å². The van der Waals surface area contributed by atoms with Crippen LogP contribution in [0.4, 0.5) is 17.8 Å². The SMILES string of the molecule is Nc1nc(N)nc(NCc2cnco2)n1. The summed E-state index contributed by atoms with van der Waals surface area (Å²) in [6.07, 6.45) is 2.92.